The number of hydrogen-bond donors (Lipinski definition) is 2. The van der Waals surface area contributed by atoms with Crippen molar-refractivity contribution >= 4 is 16.9 Å². The van der Waals surface area contributed by atoms with E-state index < -0.39 is 0 Å². The highest BCUT2D eigenvalue weighted by Gasteiger charge is 2.08. The largest absolute Gasteiger partial charge is 0.356 e. The Morgan fingerprint density at radius 3 is 2.63 bits per heavy atom. The summed E-state index contributed by atoms with van der Waals surface area (Å²) in [5, 5.41) is 8.07. The van der Waals surface area contributed by atoms with Crippen molar-refractivity contribution in [1.29, 1.82) is 0 Å². The Morgan fingerprint density at radius 2 is 1.81 bits per heavy atom. The number of pyridine rings is 1. The Labute approximate surface area is 163 Å². The van der Waals surface area contributed by atoms with Crippen molar-refractivity contribution < 1.29 is 0 Å². The van der Waals surface area contributed by atoms with E-state index in [-0.39, 0.29) is 0 Å². The molecule has 2 heterocycles. The highest BCUT2D eigenvalue weighted by molar-refractivity contribution is 5.82. The van der Waals surface area contributed by atoms with Gasteiger partial charge in [0.25, 0.3) is 0 Å². The third kappa shape index (κ3) is 6.21. The molecule has 1 aliphatic rings. The fraction of sp³-hybridized carbons (Fsp3) is 0.545. The van der Waals surface area contributed by atoms with Crippen molar-refractivity contribution in [3.05, 3.63) is 42.1 Å². The topological polar surface area (TPSA) is 52.6 Å². The van der Waals surface area contributed by atoms with Crippen molar-refractivity contribution in [2.75, 3.05) is 39.8 Å². The Kier molecular flexibility index (Phi) is 7.90. The summed E-state index contributed by atoms with van der Waals surface area (Å²) in [5.74, 6) is 0.888. The minimum Gasteiger partial charge on any atom is -0.356 e. The minimum atomic E-state index is 0.849. The highest BCUT2D eigenvalue weighted by atomic mass is 15.2. The highest BCUT2D eigenvalue weighted by Crippen LogP contribution is 2.16. The van der Waals surface area contributed by atoms with E-state index in [1.807, 2.05) is 19.3 Å². The Bertz CT molecular complexity index is 714. The molecule has 2 N–H and O–H groups in total. The average Bonchev–Trinajstić information content (AvgIpc) is 2.99. The van der Waals surface area contributed by atoms with Crippen LogP contribution in [-0.4, -0.2) is 55.6 Å². The Hall–Kier alpha value is -2.14. The van der Waals surface area contributed by atoms with Crippen molar-refractivity contribution in [1.82, 2.24) is 20.5 Å². The molecule has 1 aromatic heterocycles. The lowest BCUT2D eigenvalue weighted by Gasteiger charge is -2.20. The van der Waals surface area contributed by atoms with Gasteiger partial charge in [0.2, 0.25) is 0 Å². The second-order valence-electron chi connectivity index (χ2n) is 7.28. The van der Waals surface area contributed by atoms with Crippen LogP contribution in [-0.2, 0) is 6.42 Å². The molecule has 0 amide bonds. The maximum Gasteiger partial charge on any atom is 0.190 e. The molecule has 0 atom stereocenters. The van der Waals surface area contributed by atoms with Crippen LogP contribution in [0.15, 0.2) is 41.5 Å². The van der Waals surface area contributed by atoms with Crippen LogP contribution in [0.4, 0.5) is 0 Å². The lowest BCUT2D eigenvalue weighted by atomic mass is 10.1. The molecule has 0 spiro atoms. The number of rotatable bonds is 7. The van der Waals surface area contributed by atoms with Crippen LogP contribution in [0.5, 0.6) is 0 Å². The van der Waals surface area contributed by atoms with Gasteiger partial charge in [0.1, 0.15) is 0 Å². The number of fused-ring (bicyclic) bond motifs is 1. The molecule has 0 aliphatic carbocycles. The van der Waals surface area contributed by atoms with Gasteiger partial charge < -0.3 is 15.5 Å². The van der Waals surface area contributed by atoms with E-state index in [0.29, 0.717) is 0 Å². The summed E-state index contributed by atoms with van der Waals surface area (Å²) in [6, 6.07) is 10.5. The number of benzene rings is 1. The Morgan fingerprint density at radius 1 is 1.04 bits per heavy atom. The number of aliphatic imine (C=N–C) groups is 1. The predicted octanol–water partition coefficient (Wildman–Crippen LogP) is 3.21. The van der Waals surface area contributed by atoms with E-state index >= 15 is 0 Å². The fourth-order valence-electron chi connectivity index (χ4n) is 3.77. The van der Waals surface area contributed by atoms with Crippen LogP contribution >= 0.6 is 0 Å². The molecule has 5 heteroatoms. The van der Waals surface area contributed by atoms with Crippen molar-refractivity contribution in [3.63, 3.8) is 0 Å². The Balaban J connectivity index is 1.37. The van der Waals surface area contributed by atoms with Crippen molar-refractivity contribution in [3.8, 4) is 0 Å². The van der Waals surface area contributed by atoms with E-state index in [4.69, 9.17) is 0 Å². The first-order valence-corrected chi connectivity index (χ1v) is 10.4. The number of likely N-dealkylation sites (tertiary alicyclic amines) is 1. The smallest absolute Gasteiger partial charge is 0.190 e. The predicted molar refractivity (Wildman–Crippen MR) is 114 cm³/mol. The van der Waals surface area contributed by atoms with Crippen LogP contribution in [0.2, 0.25) is 0 Å². The minimum absolute atomic E-state index is 0.849. The fourth-order valence-corrected chi connectivity index (χ4v) is 3.77. The molecule has 0 saturated carbocycles. The van der Waals surface area contributed by atoms with E-state index in [0.717, 1.165) is 37.4 Å². The number of guanidine groups is 1. The van der Waals surface area contributed by atoms with Crippen molar-refractivity contribution in [2.24, 2.45) is 4.99 Å². The summed E-state index contributed by atoms with van der Waals surface area (Å²) in [5.41, 5.74) is 2.37. The molecule has 0 radical (unpaired) electrons. The molecule has 0 bridgehead atoms. The van der Waals surface area contributed by atoms with Gasteiger partial charge >= 0.3 is 0 Å². The molecule has 27 heavy (non-hydrogen) atoms. The molecular formula is C22H33N5. The maximum atomic E-state index is 4.53. The van der Waals surface area contributed by atoms with E-state index in [1.165, 1.54) is 56.3 Å². The number of nitrogens with one attached hydrogen (secondary N) is 2. The van der Waals surface area contributed by atoms with E-state index in [1.54, 1.807) is 0 Å². The second-order valence-corrected chi connectivity index (χ2v) is 7.28. The molecule has 0 unspecified atom stereocenters. The zero-order valence-electron chi connectivity index (χ0n) is 16.6. The van der Waals surface area contributed by atoms with Crippen LogP contribution in [0.3, 0.4) is 0 Å². The van der Waals surface area contributed by atoms with Gasteiger partial charge in [0.15, 0.2) is 5.96 Å². The van der Waals surface area contributed by atoms with Gasteiger partial charge in [-0.25, -0.2) is 0 Å². The lowest BCUT2D eigenvalue weighted by Crippen LogP contribution is -2.39. The third-order valence-electron chi connectivity index (χ3n) is 5.27. The molecule has 1 saturated heterocycles. The quantitative estimate of drug-likeness (QED) is 0.448. The van der Waals surface area contributed by atoms with Gasteiger partial charge in [0, 0.05) is 31.7 Å². The molecule has 1 aromatic carbocycles. The summed E-state index contributed by atoms with van der Waals surface area (Å²) in [4.78, 5) is 11.5. The zero-order valence-corrected chi connectivity index (χ0v) is 16.6. The first-order chi connectivity index (χ1) is 13.4. The van der Waals surface area contributed by atoms with Crippen LogP contribution < -0.4 is 10.6 Å². The van der Waals surface area contributed by atoms with Crippen LogP contribution in [0.1, 0.15) is 37.7 Å². The summed E-state index contributed by atoms with van der Waals surface area (Å²) in [7, 11) is 1.84. The van der Waals surface area contributed by atoms with Gasteiger partial charge in [-0.15, -0.1) is 0 Å². The summed E-state index contributed by atoms with van der Waals surface area (Å²) < 4.78 is 0. The summed E-state index contributed by atoms with van der Waals surface area (Å²) in [6.45, 7) is 5.54. The average molecular weight is 368 g/mol. The van der Waals surface area contributed by atoms with E-state index in [2.05, 4.69) is 49.8 Å². The lowest BCUT2D eigenvalue weighted by molar-refractivity contribution is 0.282. The van der Waals surface area contributed by atoms with Crippen LogP contribution in [0, 0.1) is 0 Å². The first kappa shape index (κ1) is 19.6. The number of aromatic nitrogens is 1. The van der Waals surface area contributed by atoms with Gasteiger partial charge in [-0.1, -0.05) is 37.1 Å². The van der Waals surface area contributed by atoms with Crippen molar-refractivity contribution in [2.45, 2.75) is 38.5 Å². The summed E-state index contributed by atoms with van der Waals surface area (Å²) >= 11 is 0. The normalized spacial score (nSPS) is 16.3. The molecule has 3 rings (SSSR count). The van der Waals surface area contributed by atoms with Gasteiger partial charge in [-0.05, 0) is 56.9 Å². The van der Waals surface area contributed by atoms with Gasteiger partial charge in [0.05, 0.1) is 5.52 Å². The van der Waals surface area contributed by atoms with Gasteiger partial charge in [-0.3, -0.25) is 9.98 Å². The monoisotopic (exact) mass is 367 g/mol. The summed E-state index contributed by atoms with van der Waals surface area (Å²) in [6.07, 6.45) is 9.48. The number of nitrogens with zero attached hydrogens (tertiary/aromatic N) is 3. The van der Waals surface area contributed by atoms with E-state index in [9.17, 15) is 0 Å². The third-order valence-corrected chi connectivity index (χ3v) is 5.27. The molecule has 1 aliphatic heterocycles. The molecule has 2 aromatic rings. The first-order valence-electron chi connectivity index (χ1n) is 10.4. The molecule has 1 fully saturated rings. The van der Waals surface area contributed by atoms with Gasteiger partial charge in [-0.2, -0.15) is 0 Å². The number of para-hydroxylation sites is 1. The number of hydrogen-bond acceptors (Lipinski definition) is 3. The molecule has 146 valence electrons. The van der Waals surface area contributed by atoms with Crippen LogP contribution in [0.25, 0.3) is 10.9 Å². The molecular weight excluding hydrogens is 334 g/mol. The second kappa shape index (κ2) is 10.9. The standard InChI is InChI=1S/C22H33N5/c1-23-22(25-14-8-18-27-16-4-2-3-5-17-27)26-15-12-20-10-6-9-19-11-7-13-24-21(19)20/h6-7,9-11,13H,2-5,8,12,14-18H2,1H3,(H2,23,25,26). The maximum absolute atomic E-state index is 4.53. The SMILES string of the molecule is CN=C(NCCCN1CCCCCC1)NCCc1cccc2cccnc12. The zero-order chi connectivity index (χ0) is 18.7. The molecule has 5 nitrogen and oxygen atoms in total.